The Bertz CT molecular complexity index is 761. The molecule has 0 radical (unpaired) electrons. The molecule has 3 nitrogen and oxygen atoms in total. The lowest BCUT2D eigenvalue weighted by Gasteiger charge is -2.17. The number of carbonyl (C=O) groups excluding carboxylic acids is 1. The minimum absolute atomic E-state index is 0.207. The van der Waals surface area contributed by atoms with E-state index in [4.69, 9.17) is 9.47 Å². The van der Waals surface area contributed by atoms with Gasteiger partial charge in [-0.25, -0.2) is 4.79 Å². The van der Waals surface area contributed by atoms with E-state index in [0.29, 0.717) is 12.2 Å². The van der Waals surface area contributed by atoms with E-state index in [-0.39, 0.29) is 18.2 Å². The maximum atomic E-state index is 12.4. The van der Waals surface area contributed by atoms with Crippen molar-refractivity contribution < 1.29 is 14.3 Å². The minimum atomic E-state index is -0.333. The average molecular weight is 292 g/mol. The Morgan fingerprint density at radius 1 is 1.05 bits per heavy atom. The zero-order valence-corrected chi connectivity index (χ0v) is 12.3. The van der Waals surface area contributed by atoms with Crippen LogP contribution < -0.4 is 0 Å². The molecule has 0 saturated carbocycles. The molecule has 0 spiro atoms. The van der Waals surface area contributed by atoms with E-state index in [2.05, 4.69) is 6.07 Å². The van der Waals surface area contributed by atoms with Gasteiger partial charge in [0.1, 0.15) is 6.10 Å². The van der Waals surface area contributed by atoms with Gasteiger partial charge in [-0.15, -0.1) is 0 Å². The molecule has 0 unspecified atom stereocenters. The van der Waals surface area contributed by atoms with Gasteiger partial charge >= 0.3 is 5.97 Å². The summed E-state index contributed by atoms with van der Waals surface area (Å²) in [5.41, 5.74) is 4.70. The van der Waals surface area contributed by atoms with Crippen molar-refractivity contribution in [3.8, 4) is 0 Å². The lowest BCUT2D eigenvalue weighted by molar-refractivity contribution is -0.143. The van der Waals surface area contributed by atoms with Crippen molar-refractivity contribution >= 4 is 17.1 Å². The predicted octanol–water partition coefficient (Wildman–Crippen LogP) is 3.61. The van der Waals surface area contributed by atoms with Gasteiger partial charge in [-0.05, 0) is 23.6 Å². The third-order valence-electron chi connectivity index (χ3n) is 4.23. The summed E-state index contributed by atoms with van der Waals surface area (Å²) in [5.74, 6) is -0.259. The normalized spacial score (nSPS) is 22.5. The largest absolute Gasteiger partial charge is 0.451 e. The summed E-state index contributed by atoms with van der Waals surface area (Å²) < 4.78 is 11.5. The smallest absolute Gasteiger partial charge is 0.339 e. The van der Waals surface area contributed by atoms with Gasteiger partial charge in [0.05, 0.1) is 5.57 Å². The van der Waals surface area contributed by atoms with Gasteiger partial charge in [0.25, 0.3) is 0 Å². The van der Waals surface area contributed by atoms with Crippen LogP contribution in [0.4, 0.5) is 0 Å². The predicted molar refractivity (Wildman–Crippen MR) is 83.9 cm³/mol. The van der Waals surface area contributed by atoms with Gasteiger partial charge < -0.3 is 9.47 Å². The molecule has 0 aromatic heterocycles. The highest BCUT2D eigenvalue weighted by molar-refractivity contribution is 6.28. The molecule has 4 rings (SSSR count). The lowest BCUT2D eigenvalue weighted by atomic mass is 9.97. The zero-order chi connectivity index (χ0) is 15.1. The van der Waals surface area contributed by atoms with Crippen molar-refractivity contribution in [2.75, 3.05) is 6.61 Å². The summed E-state index contributed by atoms with van der Waals surface area (Å²) in [4.78, 5) is 12.4. The van der Waals surface area contributed by atoms with E-state index in [1.54, 1.807) is 0 Å². The van der Waals surface area contributed by atoms with Crippen molar-refractivity contribution in [3.63, 3.8) is 0 Å². The first kappa shape index (κ1) is 13.3. The quantitative estimate of drug-likeness (QED) is 0.811. The highest BCUT2D eigenvalue weighted by Crippen LogP contribution is 2.50. The molecule has 2 atom stereocenters. The monoisotopic (exact) mass is 292 g/mol. The Morgan fingerprint density at radius 2 is 1.77 bits per heavy atom. The zero-order valence-electron chi connectivity index (χ0n) is 12.3. The van der Waals surface area contributed by atoms with Crippen molar-refractivity contribution in [1.82, 2.24) is 0 Å². The van der Waals surface area contributed by atoms with Crippen LogP contribution in [-0.4, -0.2) is 18.7 Å². The molecule has 3 heteroatoms. The standard InChI is InChI=1S/C19H16O3/c1-2-21-17-14-11-7-6-10-13(14)16-15(19(20)22-18(16)17)12-8-4-3-5-9-12/h3-11,17-18H,2H2,1H3/t17-,18-/m0/s1. The van der Waals surface area contributed by atoms with Crippen LogP contribution in [0.25, 0.3) is 11.1 Å². The SMILES string of the molecule is CCO[C@H]1c2ccccc2C2=C(c3ccccc3)C(=O)O[C@@H]21. The van der Waals surface area contributed by atoms with Gasteiger partial charge in [0.2, 0.25) is 0 Å². The Morgan fingerprint density at radius 3 is 2.55 bits per heavy atom. The molecule has 2 aromatic rings. The van der Waals surface area contributed by atoms with Crippen LogP contribution in [0, 0.1) is 0 Å². The fourth-order valence-electron chi connectivity index (χ4n) is 3.37. The number of hydrogen-bond acceptors (Lipinski definition) is 3. The molecule has 0 amide bonds. The minimum Gasteiger partial charge on any atom is -0.451 e. The molecule has 110 valence electrons. The second kappa shape index (κ2) is 5.11. The molecular weight excluding hydrogens is 276 g/mol. The second-order valence-electron chi connectivity index (χ2n) is 5.44. The topological polar surface area (TPSA) is 35.5 Å². The summed E-state index contributed by atoms with van der Waals surface area (Å²) in [6, 6.07) is 17.8. The van der Waals surface area contributed by atoms with Crippen LogP contribution >= 0.6 is 0 Å². The number of fused-ring (bicyclic) bond motifs is 3. The second-order valence-corrected chi connectivity index (χ2v) is 5.44. The number of rotatable bonds is 3. The van der Waals surface area contributed by atoms with Crippen molar-refractivity contribution in [2.45, 2.75) is 19.1 Å². The number of esters is 1. The van der Waals surface area contributed by atoms with Crippen molar-refractivity contribution in [2.24, 2.45) is 0 Å². The Kier molecular flexibility index (Phi) is 3.09. The van der Waals surface area contributed by atoms with E-state index in [9.17, 15) is 4.79 Å². The third-order valence-corrected chi connectivity index (χ3v) is 4.23. The molecule has 0 bridgehead atoms. The Balaban J connectivity index is 1.94. The third kappa shape index (κ3) is 1.82. The summed E-state index contributed by atoms with van der Waals surface area (Å²) >= 11 is 0. The van der Waals surface area contributed by atoms with E-state index in [1.165, 1.54) is 0 Å². The fourth-order valence-corrected chi connectivity index (χ4v) is 3.37. The van der Waals surface area contributed by atoms with E-state index in [1.807, 2.05) is 55.5 Å². The number of benzene rings is 2. The van der Waals surface area contributed by atoms with E-state index < -0.39 is 0 Å². The summed E-state index contributed by atoms with van der Waals surface area (Å²) in [7, 11) is 0. The van der Waals surface area contributed by atoms with Crippen LogP contribution in [0.1, 0.15) is 29.7 Å². The van der Waals surface area contributed by atoms with Gasteiger partial charge in [0.15, 0.2) is 6.10 Å². The fraction of sp³-hybridized carbons (Fsp3) is 0.211. The maximum Gasteiger partial charge on any atom is 0.339 e. The highest BCUT2D eigenvalue weighted by Gasteiger charge is 2.47. The van der Waals surface area contributed by atoms with Gasteiger partial charge in [-0.2, -0.15) is 0 Å². The van der Waals surface area contributed by atoms with Crippen molar-refractivity contribution in [1.29, 1.82) is 0 Å². The van der Waals surface area contributed by atoms with E-state index in [0.717, 1.165) is 22.3 Å². The first-order valence-corrected chi connectivity index (χ1v) is 7.52. The summed E-state index contributed by atoms with van der Waals surface area (Å²) in [6.07, 6.45) is -0.540. The van der Waals surface area contributed by atoms with Crippen LogP contribution in [0.15, 0.2) is 54.6 Å². The molecule has 2 aliphatic rings. The molecular formula is C19H16O3. The van der Waals surface area contributed by atoms with Crippen molar-refractivity contribution in [3.05, 3.63) is 71.3 Å². The summed E-state index contributed by atoms with van der Waals surface area (Å²) in [5, 5.41) is 0. The molecule has 1 aliphatic heterocycles. The molecule has 2 aromatic carbocycles. The van der Waals surface area contributed by atoms with Gasteiger partial charge in [-0.1, -0.05) is 54.6 Å². The number of ether oxygens (including phenoxy) is 2. The number of hydrogen-bond donors (Lipinski definition) is 0. The van der Waals surface area contributed by atoms with Crippen LogP contribution in [-0.2, 0) is 14.3 Å². The molecule has 22 heavy (non-hydrogen) atoms. The summed E-state index contributed by atoms with van der Waals surface area (Å²) in [6.45, 7) is 2.54. The first-order valence-electron chi connectivity index (χ1n) is 7.52. The molecule has 0 saturated heterocycles. The molecule has 0 fully saturated rings. The highest BCUT2D eigenvalue weighted by atomic mass is 16.6. The molecule has 0 N–H and O–H groups in total. The van der Waals surface area contributed by atoms with Crippen LogP contribution in [0.3, 0.4) is 0 Å². The maximum absolute atomic E-state index is 12.4. The van der Waals surface area contributed by atoms with Crippen LogP contribution in [0.5, 0.6) is 0 Å². The average Bonchev–Trinajstić information content (AvgIpc) is 3.03. The Hall–Kier alpha value is -2.39. The molecule has 1 heterocycles. The Labute approximate surface area is 129 Å². The van der Waals surface area contributed by atoms with Crippen LogP contribution in [0.2, 0.25) is 0 Å². The van der Waals surface area contributed by atoms with E-state index >= 15 is 0 Å². The lowest BCUT2D eigenvalue weighted by Crippen LogP contribution is -2.18. The first-order chi connectivity index (χ1) is 10.8. The molecule has 1 aliphatic carbocycles. The van der Waals surface area contributed by atoms with Gasteiger partial charge in [0, 0.05) is 12.2 Å². The van der Waals surface area contributed by atoms with Gasteiger partial charge in [-0.3, -0.25) is 0 Å². The number of carbonyl (C=O) groups is 1.